The summed E-state index contributed by atoms with van der Waals surface area (Å²) in [5.41, 5.74) is 4.32. The lowest BCUT2D eigenvalue weighted by atomic mass is 9.77. The fourth-order valence-corrected chi connectivity index (χ4v) is 2.90. The second-order valence-electron chi connectivity index (χ2n) is 5.74. The van der Waals surface area contributed by atoms with Crippen molar-refractivity contribution in [3.63, 3.8) is 0 Å². The first kappa shape index (κ1) is 13.9. The molecular weight excluding hydrogens is 260 g/mol. The van der Waals surface area contributed by atoms with Crippen LogP contribution >= 0.6 is 0 Å². The Morgan fingerprint density at radius 3 is 2.62 bits per heavy atom. The third kappa shape index (κ3) is 2.60. The van der Waals surface area contributed by atoms with Gasteiger partial charge < -0.3 is 0 Å². The van der Waals surface area contributed by atoms with E-state index in [1.807, 2.05) is 38.1 Å². The molecule has 1 aliphatic rings. The summed E-state index contributed by atoms with van der Waals surface area (Å²) in [5.74, 6) is 0.637. The number of carbonyl (C=O) groups is 1. The third-order valence-electron chi connectivity index (χ3n) is 4.32. The van der Waals surface area contributed by atoms with Crippen molar-refractivity contribution in [3.8, 4) is 0 Å². The van der Waals surface area contributed by atoms with E-state index in [0.717, 1.165) is 23.4 Å². The molecule has 108 valence electrons. The summed E-state index contributed by atoms with van der Waals surface area (Å²) in [6, 6.07) is 9.89. The zero-order valence-electron chi connectivity index (χ0n) is 12.6. The first-order valence-corrected chi connectivity index (χ1v) is 7.67. The Morgan fingerprint density at radius 1 is 1.19 bits per heavy atom. The van der Waals surface area contributed by atoms with E-state index in [9.17, 15) is 4.79 Å². The average molecular weight is 280 g/mol. The largest absolute Gasteiger partial charge is 0.289 e. The van der Waals surface area contributed by atoms with Crippen molar-refractivity contribution in [2.45, 2.75) is 45.4 Å². The van der Waals surface area contributed by atoms with Crippen molar-refractivity contribution in [3.05, 3.63) is 58.4 Å². The molecule has 1 aromatic carbocycles. The van der Waals surface area contributed by atoms with Gasteiger partial charge in [-0.15, -0.1) is 0 Å². The van der Waals surface area contributed by atoms with E-state index in [1.165, 1.54) is 24.8 Å². The zero-order valence-corrected chi connectivity index (χ0v) is 12.6. The van der Waals surface area contributed by atoms with Crippen molar-refractivity contribution in [1.29, 1.82) is 0 Å². The lowest BCUT2D eigenvalue weighted by Crippen LogP contribution is -2.16. The molecule has 0 spiro atoms. The fourth-order valence-electron chi connectivity index (χ4n) is 2.90. The number of aromatic nitrogens is 2. The van der Waals surface area contributed by atoms with E-state index >= 15 is 0 Å². The summed E-state index contributed by atoms with van der Waals surface area (Å²) < 4.78 is 0. The molecule has 0 saturated heterocycles. The number of nitrogens with zero attached hydrogens (tertiary/aromatic N) is 2. The Labute approximate surface area is 125 Å². The van der Waals surface area contributed by atoms with Crippen LogP contribution in [0.5, 0.6) is 0 Å². The molecule has 0 unspecified atom stereocenters. The maximum Gasteiger partial charge on any atom is 0.195 e. The molecule has 0 amide bonds. The Morgan fingerprint density at radius 2 is 1.95 bits per heavy atom. The highest BCUT2D eigenvalue weighted by Gasteiger charge is 2.25. The van der Waals surface area contributed by atoms with Crippen LogP contribution in [-0.2, 0) is 6.42 Å². The van der Waals surface area contributed by atoms with Crippen molar-refractivity contribution in [2.75, 3.05) is 0 Å². The molecule has 0 radical (unpaired) electrons. The van der Waals surface area contributed by atoms with Crippen molar-refractivity contribution < 1.29 is 4.79 Å². The molecule has 0 bridgehead atoms. The van der Waals surface area contributed by atoms with Gasteiger partial charge in [-0.2, -0.15) is 10.2 Å². The summed E-state index contributed by atoms with van der Waals surface area (Å²) in [6.07, 6.45) is 4.38. The molecule has 1 aromatic heterocycles. The predicted octanol–water partition coefficient (Wildman–Crippen LogP) is 3.85. The Hall–Kier alpha value is -2.03. The molecule has 3 heteroatoms. The van der Waals surface area contributed by atoms with Gasteiger partial charge in [0.1, 0.15) is 0 Å². The van der Waals surface area contributed by atoms with Crippen LogP contribution in [0.1, 0.15) is 65.0 Å². The molecule has 1 heterocycles. The van der Waals surface area contributed by atoms with Crippen LogP contribution in [0.4, 0.5) is 0 Å². The Balaban J connectivity index is 2.05. The number of carbonyl (C=O) groups excluding carboxylic acids is 1. The first-order chi connectivity index (χ1) is 10.2. The Kier molecular flexibility index (Phi) is 3.82. The molecular formula is C18H20N2O. The monoisotopic (exact) mass is 280 g/mol. The van der Waals surface area contributed by atoms with Gasteiger partial charge in [0.05, 0.1) is 11.4 Å². The second kappa shape index (κ2) is 5.76. The highest BCUT2D eigenvalue weighted by Crippen LogP contribution is 2.38. The number of aryl methyl sites for hydroxylation is 2. The molecule has 1 fully saturated rings. The lowest BCUT2D eigenvalue weighted by molar-refractivity contribution is 0.103. The van der Waals surface area contributed by atoms with Crippen molar-refractivity contribution in [1.82, 2.24) is 10.2 Å². The summed E-state index contributed by atoms with van der Waals surface area (Å²) >= 11 is 0. The summed E-state index contributed by atoms with van der Waals surface area (Å²) in [6.45, 7) is 3.88. The van der Waals surface area contributed by atoms with Crippen LogP contribution < -0.4 is 0 Å². The molecule has 21 heavy (non-hydrogen) atoms. The predicted molar refractivity (Wildman–Crippen MR) is 82.6 cm³/mol. The maximum atomic E-state index is 13.0. The number of hydrogen-bond acceptors (Lipinski definition) is 3. The number of hydrogen-bond donors (Lipinski definition) is 0. The highest BCUT2D eigenvalue weighted by molar-refractivity contribution is 6.10. The van der Waals surface area contributed by atoms with Crippen LogP contribution in [0.3, 0.4) is 0 Å². The van der Waals surface area contributed by atoms with Crippen LogP contribution in [0.2, 0.25) is 0 Å². The first-order valence-electron chi connectivity index (χ1n) is 7.67. The van der Waals surface area contributed by atoms with Gasteiger partial charge in [0.2, 0.25) is 0 Å². The average Bonchev–Trinajstić information content (AvgIpc) is 2.45. The van der Waals surface area contributed by atoms with Gasteiger partial charge in [0.25, 0.3) is 0 Å². The standard InChI is InChI=1S/C18H20N2O/c1-3-17-16(11-12(2)19-20-17)18(21)15-10-5-4-9-14(15)13-7-6-8-13/h4-5,9-11,13H,3,6-8H2,1-2H3. The minimum absolute atomic E-state index is 0.0901. The molecule has 2 aromatic rings. The smallest absolute Gasteiger partial charge is 0.195 e. The zero-order chi connectivity index (χ0) is 14.8. The fraction of sp³-hybridized carbons (Fsp3) is 0.389. The molecule has 1 saturated carbocycles. The van der Waals surface area contributed by atoms with Gasteiger partial charge >= 0.3 is 0 Å². The van der Waals surface area contributed by atoms with Crippen LogP contribution in [0, 0.1) is 6.92 Å². The summed E-state index contributed by atoms with van der Waals surface area (Å²) in [4.78, 5) is 13.0. The van der Waals surface area contributed by atoms with Crippen LogP contribution in [-0.4, -0.2) is 16.0 Å². The van der Waals surface area contributed by atoms with Gasteiger partial charge in [-0.25, -0.2) is 0 Å². The highest BCUT2D eigenvalue weighted by atomic mass is 16.1. The van der Waals surface area contributed by atoms with Crippen LogP contribution in [0.25, 0.3) is 0 Å². The van der Waals surface area contributed by atoms with Gasteiger partial charge in [-0.3, -0.25) is 4.79 Å². The quantitative estimate of drug-likeness (QED) is 0.799. The molecule has 0 N–H and O–H groups in total. The Bertz CT molecular complexity index is 675. The summed E-state index contributed by atoms with van der Waals surface area (Å²) in [7, 11) is 0. The lowest BCUT2D eigenvalue weighted by Gasteiger charge is -2.27. The van der Waals surface area contributed by atoms with Crippen molar-refractivity contribution in [2.24, 2.45) is 0 Å². The van der Waals surface area contributed by atoms with E-state index in [1.54, 1.807) is 0 Å². The number of rotatable bonds is 4. The van der Waals surface area contributed by atoms with Gasteiger partial charge in [-0.05, 0) is 43.7 Å². The normalized spacial score (nSPS) is 14.8. The van der Waals surface area contributed by atoms with E-state index in [-0.39, 0.29) is 5.78 Å². The number of ketones is 1. The molecule has 3 nitrogen and oxygen atoms in total. The van der Waals surface area contributed by atoms with E-state index in [4.69, 9.17) is 0 Å². The number of benzene rings is 1. The van der Waals surface area contributed by atoms with Crippen molar-refractivity contribution >= 4 is 5.78 Å². The van der Waals surface area contributed by atoms with Gasteiger partial charge in [0.15, 0.2) is 5.78 Å². The second-order valence-corrected chi connectivity index (χ2v) is 5.74. The SMILES string of the molecule is CCc1nnc(C)cc1C(=O)c1ccccc1C1CCC1. The van der Waals surface area contributed by atoms with E-state index in [2.05, 4.69) is 16.3 Å². The summed E-state index contributed by atoms with van der Waals surface area (Å²) in [5, 5.41) is 8.25. The van der Waals surface area contributed by atoms with E-state index in [0.29, 0.717) is 11.5 Å². The minimum atomic E-state index is 0.0901. The van der Waals surface area contributed by atoms with Gasteiger partial charge in [-0.1, -0.05) is 37.6 Å². The van der Waals surface area contributed by atoms with E-state index < -0.39 is 0 Å². The molecule has 0 atom stereocenters. The molecule has 0 aliphatic heterocycles. The topological polar surface area (TPSA) is 42.9 Å². The third-order valence-corrected chi connectivity index (χ3v) is 4.32. The van der Waals surface area contributed by atoms with Gasteiger partial charge in [0, 0.05) is 11.1 Å². The van der Waals surface area contributed by atoms with Crippen LogP contribution in [0.15, 0.2) is 30.3 Å². The minimum Gasteiger partial charge on any atom is -0.289 e. The molecule has 1 aliphatic carbocycles. The maximum absolute atomic E-state index is 13.0. The molecule has 3 rings (SSSR count).